The minimum Gasteiger partial charge on any atom is -0.379 e. The third kappa shape index (κ3) is 6.32. The van der Waals surface area contributed by atoms with Crippen LogP contribution in [0.4, 0.5) is 4.39 Å². The van der Waals surface area contributed by atoms with Crippen LogP contribution in [0.25, 0.3) is 0 Å². The number of benzene rings is 2. The fraction of sp³-hybridized carbons (Fsp3) is 0.409. The van der Waals surface area contributed by atoms with Gasteiger partial charge in [-0.05, 0) is 24.1 Å². The topological polar surface area (TPSA) is 48.9 Å². The molecule has 28 heavy (non-hydrogen) atoms. The van der Waals surface area contributed by atoms with Gasteiger partial charge in [0.15, 0.2) is 5.96 Å². The molecule has 3 rings (SSSR count). The number of hydrogen-bond acceptors (Lipinski definition) is 3. The van der Waals surface area contributed by atoms with E-state index in [1.807, 2.05) is 13.0 Å². The molecule has 1 saturated heterocycles. The first-order chi connectivity index (χ1) is 13.7. The van der Waals surface area contributed by atoms with Crippen molar-refractivity contribution in [3.8, 4) is 0 Å². The van der Waals surface area contributed by atoms with Crippen LogP contribution in [0.2, 0.25) is 0 Å². The van der Waals surface area contributed by atoms with E-state index in [0.29, 0.717) is 24.6 Å². The Morgan fingerprint density at radius 2 is 1.86 bits per heavy atom. The molecule has 0 spiro atoms. The van der Waals surface area contributed by atoms with Gasteiger partial charge in [-0.25, -0.2) is 9.38 Å². The Hall–Kier alpha value is -2.44. The Balaban J connectivity index is 1.59. The summed E-state index contributed by atoms with van der Waals surface area (Å²) in [6.45, 7) is 8.25. The minimum absolute atomic E-state index is 0.207. The average Bonchev–Trinajstić information content (AvgIpc) is 2.72. The van der Waals surface area contributed by atoms with Crippen molar-refractivity contribution >= 4 is 5.96 Å². The second kappa shape index (κ2) is 10.8. The van der Waals surface area contributed by atoms with Gasteiger partial charge in [-0.15, -0.1) is 0 Å². The summed E-state index contributed by atoms with van der Waals surface area (Å²) in [5.41, 5.74) is 3.08. The molecule has 1 fully saturated rings. The standard InChI is InChI=1S/C22H29FN4O/c1-2-24-22(26-16-20-8-3-4-9-21(20)23)25-15-18-6-5-7-19(14-18)17-27-10-12-28-13-11-27/h3-9,14H,2,10-13,15-17H2,1H3,(H2,24,25,26). The fourth-order valence-electron chi connectivity index (χ4n) is 3.18. The quantitative estimate of drug-likeness (QED) is 0.569. The number of guanidine groups is 1. The van der Waals surface area contributed by atoms with Crippen LogP contribution in [0.5, 0.6) is 0 Å². The summed E-state index contributed by atoms with van der Waals surface area (Å²) < 4.78 is 19.2. The summed E-state index contributed by atoms with van der Waals surface area (Å²) in [6.07, 6.45) is 0. The Kier molecular flexibility index (Phi) is 7.82. The summed E-state index contributed by atoms with van der Waals surface area (Å²) in [7, 11) is 0. The maximum atomic E-state index is 13.8. The van der Waals surface area contributed by atoms with Crippen LogP contribution in [-0.4, -0.2) is 43.7 Å². The maximum absolute atomic E-state index is 13.8. The van der Waals surface area contributed by atoms with E-state index in [2.05, 4.69) is 44.8 Å². The molecule has 0 saturated carbocycles. The molecule has 0 unspecified atom stereocenters. The fourth-order valence-corrected chi connectivity index (χ4v) is 3.18. The average molecular weight is 384 g/mol. The van der Waals surface area contributed by atoms with Gasteiger partial charge in [0, 0.05) is 38.3 Å². The highest BCUT2D eigenvalue weighted by atomic mass is 19.1. The van der Waals surface area contributed by atoms with E-state index >= 15 is 0 Å². The molecular formula is C22H29FN4O. The minimum atomic E-state index is -0.207. The summed E-state index contributed by atoms with van der Waals surface area (Å²) in [5, 5.41) is 6.42. The van der Waals surface area contributed by atoms with Crippen molar-refractivity contribution < 1.29 is 9.13 Å². The van der Waals surface area contributed by atoms with Crippen molar-refractivity contribution in [2.75, 3.05) is 32.8 Å². The Labute approximate surface area is 166 Å². The number of hydrogen-bond donors (Lipinski definition) is 2. The Morgan fingerprint density at radius 3 is 2.64 bits per heavy atom. The number of morpholine rings is 1. The molecule has 1 heterocycles. The van der Waals surface area contributed by atoms with Crippen LogP contribution in [0.1, 0.15) is 23.6 Å². The number of ether oxygens (including phenoxy) is 1. The monoisotopic (exact) mass is 384 g/mol. The molecule has 0 atom stereocenters. The van der Waals surface area contributed by atoms with Crippen molar-refractivity contribution in [3.05, 3.63) is 71.0 Å². The first-order valence-electron chi connectivity index (χ1n) is 9.88. The number of nitrogens with zero attached hydrogens (tertiary/aromatic N) is 2. The van der Waals surface area contributed by atoms with Gasteiger partial charge in [-0.1, -0.05) is 42.5 Å². The molecule has 1 aliphatic rings. The molecule has 6 heteroatoms. The van der Waals surface area contributed by atoms with Crippen molar-refractivity contribution in [2.24, 2.45) is 4.99 Å². The molecular weight excluding hydrogens is 355 g/mol. The van der Waals surface area contributed by atoms with Crippen LogP contribution >= 0.6 is 0 Å². The van der Waals surface area contributed by atoms with Crippen molar-refractivity contribution in [3.63, 3.8) is 0 Å². The van der Waals surface area contributed by atoms with Gasteiger partial charge in [0.2, 0.25) is 0 Å². The van der Waals surface area contributed by atoms with Crippen LogP contribution in [0.15, 0.2) is 53.5 Å². The van der Waals surface area contributed by atoms with Gasteiger partial charge in [-0.3, -0.25) is 4.90 Å². The smallest absolute Gasteiger partial charge is 0.191 e. The number of nitrogens with one attached hydrogen (secondary N) is 2. The maximum Gasteiger partial charge on any atom is 0.191 e. The highest BCUT2D eigenvalue weighted by Crippen LogP contribution is 2.11. The lowest BCUT2D eigenvalue weighted by Gasteiger charge is -2.26. The normalized spacial score (nSPS) is 15.4. The molecule has 2 N–H and O–H groups in total. The van der Waals surface area contributed by atoms with Crippen LogP contribution in [0.3, 0.4) is 0 Å². The molecule has 0 amide bonds. The van der Waals surface area contributed by atoms with E-state index in [-0.39, 0.29) is 5.82 Å². The summed E-state index contributed by atoms with van der Waals surface area (Å²) in [5.74, 6) is 0.478. The zero-order valence-corrected chi connectivity index (χ0v) is 16.5. The Morgan fingerprint density at radius 1 is 1.07 bits per heavy atom. The van der Waals surface area contributed by atoms with Gasteiger partial charge in [-0.2, -0.15) is 0 Å². The molecule has 0 radical (unpaired) electrons. The second-order valence-electron chi connectivity index (χ2n) is 6.85. The predicted octanol–water partition coefficient (Wildman–Crippen LogP) is 2.91. The van der Waals surface area contributed by atoms with Crippen LogP contribution in [0, 0.1) is 5.82 Å². The number of aliphatic imine (C=N–C) groups is 1. The molecule has 1 aliphatic heterocycles. The van der Waals surface area contributed by atoms with Crippen molar-refractivity contribution in [1.82, 2.24) is 15.5 Å². The van der Waals surface area contributed by atoms with E-state index in [1.54, 1.807) is 12.1 Å². The van der Waals surface area contributed by atoms with Gasteiger partial charge in [0.05, 0.1) is 19.8 Å². The molecule has 2 aromatic carbocycles. The lowest BCUT2D eigenvalue weighted by molar-refractivity contribution is 0.0342. The lowest BCUT2D eigenvalue weighted by atomic mass is 10.1. The third-order valence-corrected chi connectivity index (χ3v) is 4.67. The van der Waals surface area contributed by atoms with Gasteiger partial charge in [0.1, 0.15) is 5.82 Å². The van der Waals surface area contributed by atoms with Crippen molar-refractivity contribution in [1.29, 1.82) is 0 Å². The summed E-state index contributed by atoms with van der Waals surface area (Å²) >= 11 is 0. The van der Waals surface area contributed by atoms with E-state index in [9.17, 15) is 4.39 Å². The summed E-state index contributed by atoms with van der Waals surface area (Å²) in [6, 6.07) is 15.3. The van der Waals surface area contributed by atoms with Gasteiger partial charge < -0.3 is 15.4 Å². The van der Waals surface area contributed by atoms with E-state index < -0.39 is 0 Å². The molecule has 5 nitrogen and oxygen atoms in total. The predicted molar refractivity (Wildman–Crippen MR) is 111 cm³/mol. The Bertz CT molecular complexity index is 775. The highest BCUT2D eigenvalue weighted by Gasteiger charge is 2.10. The van der Waals surface area contributed by atoms with E-state index in [0.717, 1.165) is 45.0 Å². The first kappa shape index (κ1) is 20.3. The van der Waals surface area contributed by atoms with E-state index in [4.69, 9.17) is 4.74 Å². The number of rotatable bonds is 7. The van der Waals surface area contributed by atoms with Gasteiger partial charge >= 0.3 is 0 Å². The molecule has 150 valence electrons. The largest absolute Gasteiger partial charge is 0.379 e. The second-order valence-corrected chi connectivity index (χ2v) is 6.85. The van der Waals surface area contributed by atoms with Crippen LogP contribution in [-0.2, 0) is 24.4 Å². The summed E-state index contributed by atoms with van der Waals surface area (Å²) in [4.78, 5) is 7.06. The third-order valence-electron chi connectivity index (χ3n) is 4.67. The lowest BCUT2D eigenvalue weighted by Crippen LogP contribution is -2.37. The number of halogens is 1. The molecule has 0 aromatic heterocycles. The molecule has 0 aliphatic carbocycles. The van der Waals surface area contributed by atoms with Gasteiger partial charge in [0.25, 0.3) is 0 Å². The zero-order chi connectivity index (χ0) is 19.6. The molecule has 0 bridgehead atoms. The highest BCUT2D eigenvalue weighted by molar-refractivity contribution is 5.79. The first-order valence-corrected chi connectivity index (χ1v) is 9.88. The SMILES string of the molecule is CCNC(=NCc1cccc(CN2CCOCC2)c1)NCc1ccccc1F. The molecule has 2 aromatic rings. The zero-order valence-electron chi connectivity index (χ0n) is 16.5. The van der Waals surface area contributed by atoms with Crippen LogP contribution < -0.4 is 10.6 Å². The van der Waals surface area contributed by atoms with E-state index in [1.165, 1.54) is 11.6 Å². The van der Waals surface area contributed by atoms with Crippen molar-refractivity contribution in [2.45, 2.75) is 26.6 Å².